The van der Waals surface area contributed by atoms with Crippen molar-refractivity contribution in [2.45, 2.75) is 33.2 Å². The zero-order valence-corrected chi connectivity index (χ0v) is 15.3. The molecule has 126 valence electrons. The van der Waals surface area contributed by atoms with Crippen molar-refractivity contribution in [3.05, 3.63) is 65.3 Å². The molecule has 0 unspecified atom stereocenters. The first-order chi connectivity index (χ1) is 12.2. The smallest absolute Gasteiger partial charge is 0.0948 e. The van der Waals surface area contributed by atoms with Crippen LogP contribution in [0.15, 0.2) is 54.6 Å². The van der Waals surface area contributed by atoms with Gasteiger partial charge in [0.1, 0.15) is 0 Å². The molecule has 0 saturated carbocycles. The molecule has 0 spiro atoms. The van der Waals surface area contributed by atoms with Crippen LogP contribution < -0.4 is 0 Å². The van der Waals surface area contributed by atoms with Crippen LogP contribution in [-0.2, 0) is 6.54 Å². The summed E-state index contributed by atoms with van der Waals surface area (Å²) in [6, 6.07) is 18.9. The molecule has 2 heterocycles. The third-order valence-corrected chi connectivity index (χ3v) is 4.98. The highest BCUT2D eigenvalue weighted by molar-refractivity contribution is 6.30. The van der Waals surface area contributed by atoms with Gasteiger partial charge in [-0.05, 0) is 37.6 Å². The van der Waals surface area contributed by atoms with Gasteiger partial charge in [-0.25, -0.2) is 0 Å². The molecular formula is C22H21ClN2. The number of benzene rings is 2. The number of para-hydroxylation sites is 1. The van der Waals surface area contributed by atoms with Crippen LogP contribution in [0.4, 0.5) is 0 Å². The van der Waals surface area contributed by atoms with E-state index in [1.54, 1.807) is 0 Å². The molecule has 2 nitrogen and oxygen atoms in total. The van der Waals surface area contributed by atoms with Gasteiger partial charge in [-0.15, -0.1) is 0 Å². The van der Waals surface area contributed by atoms with Gasteiger partial charge in [0.2, 0.25) is 0 Å². The average Bonchev–Trinajstić information content (AvgIpc) is 2.94. The molecular weight excluding hydrogens is 328 g/mol. The zero-order valence-electron chi connectivity index (χ0n) is 14.6. The summed E-state index contributed by atoms with van der Waals surface area (Å²) in [6.07, 6.45) is 2.32. The summed E-state index contributed by atoms with van der Waals surface area (Å²) in [5.74, 6) is 0. The van der Waals surface area contributed by atoms with Gasteiger partial charge < -0.3 is 4.57 Å². The Morgan fingerprint density at radius 3 is 2.52 bits per heavy atom. The Bertz CT molecular complexity index is 1050. The number of unbranched alkanes of at least 4 members (excludes halogenated alkanes) is 1. The van der Waals surface area contributed by atoms with E-state index in [1.807, 2.05) is 12.1 Å². The quantitative estimate of drug-likeness (QED) is 0.405. The van der Waals surface area contributed by atoms with Gasteiger partial charge >= 0.3 is 0 Å². The van der Waals surface area contributed by atoms with Crippen molar-refractivity contribution >= 4 is 33.4 Å². The van der Waals surface area contributed by atoms with Crippen LogP contribution in [-0.4, -0.2) is 9.55 Å². The van der Waals surface area contributed by atoms with Crippen LogP contribution in [0.25, 0.3) is 33.1 Å². The number of pyridine rings is 1. The second-order valence-corrected chi connectivity index (χ2v) is 6.97. The Kier molecular flexibility index (Phi) is 4.22. The largest absolute Gasteiger partial charge is 0.339 e. The van der Waals surface area contributed by atoms with E-state index < -0.39 is 0 Å². The molecule has 4 aromatic rings. The second-order valence-electron chi connectivity index (χ2n) is 6.54. The lowest BCUT2D eigenvalue weighted by Crippen LogP contribution is -2.00. The van der Waals surface area contributed by atoms with Crippen LogP contribution in [0.2, 0.25) is 5.02 Å². The van der Waals surface area contributed by atoms with Crippen LogP contribution >= 0.6 is 11.6 Å². The molecule has 0 atom stereocenters. The van der Waals surface area contributed by atoms with E-state index in [0.29, 0.717) is 0 Å². The van der Waals surface area contributed by atoms with E-state index in [9.17, 15) is 0 Å². The van der Waals surface area contributed by atoms with Gasteiger partial charge in [0, 0.05) is 39.1 Å². The van der Waals surface area contributed by atoms with Crippen molar-refractivity contribution in [1.29, 1.82) is 0 Å². The van der Waals surface area contributed by atoms with E-state index in [4.69, 9.17) is 16.6 Å². The lowest BCUT2D eigenvalue weighted by atomic mass is 10.1. The Balaban J connectivity index is 2.10. The number of nitrogens with zero attached hydrogens (tertiary/aromatic N) is 2. The zero-order chi connectivity index (χ0) is 17.4. The lowest BCUT2D eigenvalue weighted by Gasteiger charge is -2.11. The number of hydrogen-bond acceptors (Lipinski definition) is 1. The number of rotatable bonds is 4. The van der Waals surface area contributed by atoms with Gasteiger partial charge in [0.15, 0.2) is 0 Å². The maximum absolute atomic E-state index is 6.09. The lowest BCUT2D eigenvalue weighted by molar-refractivity contribution is 0.664. The van der Waals surface area contributed by atoms with Gasteiger partial charge in [0.05, 0.1) is 11.2 Å². The van der Waals surface area contributed by atoms with Crippen molar-refractivity contribution < 1.29 is 0 Å². The molecule has 2 aromatic heterocycles. The summed E-state index contributed by atoms with van der Waals surface area (Å²) in [5, 5.41) is 3.33. The third kappa shape index (κ3) is 2.81. The molecule has 2 aromatic carbocycles. The van der Waals surface area contributed by atoms with Crippen molar-refractivity contribution in [2.24, 2.45) is 0 Å². The highest BCUT2D eigenvalue weighted by Crippen LogP contribution is 2.36. The first kappa shape index (κ1) is 16.2. The molecule has 0 radical (unpaired) electrons. The average molecular weight is 349 g/mol. The molecule has 0 bridgehead atoms. The Morgan fingerprint density at radius 2 is 1.76 bits per heavy atom. The molecule has 0 aliphatic rings. The minimum Gasteiger partial charge on any atom is -0.339 e. The molecule has 0 fully saturated rings. The summed E-state index contributed by atoms with van der Waals surface area (Å²) in [7, 11) is 0. The van der Waals surface area contributed by atoms with Crippen molar-refractivity contribution in [2.75, 3.05) is 0 Å². The monoisotopic (exact) mass is 348 g/mol. The van der Waals surface area contributed by atoms with Crippen LogP contribution in [0.5, 0.6) is 0 Å². The normalized spacial score (nSPS) is 11.5. The summed E-state index contributed by atoms with van der Waals surface area (Å²) in [5.41, 5.74) is 5.70. The van der Waals surface area contributed by atoms with E-state index in [1.165, 1.54) is 28.2 Å². The molecule has 4 rings (SSSR count). The van der Waals surface area contributed by atoms with E-state index in [-0.39, 0.29) is 0 Å². The van der Waals surface area contributed by atoms with E-state index >= 15 is 0 Å². The molecule has 3 heteroatoms. The predicted octanol–water partition coefficient (Wildman–Crippen LogP) is 6.62. The van der Waals surface area contributed by atoms with Crippen molar-refractivity contribution in [3.63, 3.8) is 0 Å². The SMILES string of the molecule is CCCCn1c2ccccc2c2cc(C)nc(-c3ccc(Cl)cc3)c21. The molecule has 0 saturated heterocycles. The predicted molar refractivity (Wildman–Crippen MR) is 107 cm³/mol. The van der Waals surface area contributed by atoms with Crippen molar-refractivity contribution in [1.82, 2.24) is 9.55 Å². The molecule has 0 amide bonds. The molecule has 0 N–H and O–H groups in total. The standard InChI is InChI=1S/C22H21ClN2/c1-3-4-13-25-20-8-6-5-7-18(20)19-14-15(2)24-21(22(19)25)16-9-11-17(23)12-10-16/h5-12,14H,3-4,13H2,1-2H3. The Morgan fingerprint density at radius 1 is 1.00 bits per heavy atom. The number of halogens is 1. The first-order valence-electron chi connectivity index (χ1n) is 8.83. The fourth-order valence-corrected chi connectivity index (χ4v) is 3.69. The summed E-state index contributed by atoms with van der Waals surface area (Å²) in [4.78, 5) is 4.90. The van der Waals surface area contributed by atoms with Gasteiger partial charge in [0.25, 0.3) is 0 Å². The minimum absolute atomic E-state index is 0.749. The summed E-state index contributed by atoms with van der Waals surface area (Å²) < 4.78 is 2.44. The van der Waals surface area contributed by atoms with E-state index in [0.717, 1.165) is 34.9 Å². The second kappa shape index (κ2) is 6.53. The number of aromatic nitrogens is 2. The topological polar surface area (TPSA) is 17.8 Å². The number of hydrogen-bond donors (Lipinski definition) is 0. The Labute approximate surface area is 153 Å². The van der Waals surface area contributed by atoms with Gasteiger partial charge in [-0.3, -0.25) is 4.98 Å². The highest BCUT2D eigenvalue weighted by atomic mass is 35.5. The van der Waals surface area contributed by atoms with Crippen LogP contribution in [0.3, 0.4) is 0 Å². The highest BCUT2D eigenvalue weighted by Gasteiger charge is 2.16. The van der Waals surface area contributed by atoms with Gasteiger partial charge in [-0.2, -0.15) is 0 Å². The maximum atomic E-state index is 6.09. The molecule has 25 heavy (non-hydrogen) atoms. The van der Waals surface area contributed by atoms with Crippen molar-refractivity contribution in [3.8, 4) is 11.3 Å². The van der Waals surface area contributed by atoms with Crippen LogP contribution in [0.1, 0.15) is 25.5 Å². The fraction of sp³-hybridized carbons (Fsp3) is 0.227. The van der Waals surface area contributed by atoms with E-state index in [2.05, 4.69) is 60.9 Å². The summed E-state index contributed by atoms with van der Waals surface area (Å²) in [6.45, 7) is 5.30. The van der Waals surface area contributed by atoms with Crippen LogP contribution in [0, 0.1) is 6.92 Å². The first-order valence-corrected chi connectivity index (χ1v) is 9.21. The fourth-order valence-electron chi connectivity index (χ4n) is 3.56. The number of fused-ring (bicyclic) bond motifs is 3. The summed E-state index contributed by atoms with van der Waals surface area (Å²) >= 11 is 6.09. The molecule has 0 aliphatic heterocycles. The third-order valence-electron chi connectivity index (χ3n) is 4.73. The minimum atomic E-state index is 0.749. The molecule has 0 aliphatic carbocycles. The number of aryl methyl sites for hydroxylation is 2. The van der Waals surface area contributed by atoms with Gasteiger partial charge in [-0.1, -0.05) is 55.3 Å². The Hall–Kier alpha value is -2.32. The maximum Gasteiger partial charge on any atom is 0.0948 e.